The summed E-state index contributed by atoms with van der Waals surface area (Å²) in [6.45, 7) is 1.99. The molecule has 2 aromatic rings. The van der Waals surface area contributed by atoms with Gasteiger partial charge in [0.25, 0.3) is 5.89 Å². The van der Waals surface area contributed by atoms with Crippen LogP contribution in [0.25, 0.3) is 11.4 Å². The van der Waals surface area contributed by atoms with Crippen LogP contribution in [0.1, 0.15) is 31.8 Å². The maximum atomic E-state index is 13.9. The lowest BCUT2D eigenvalue weighted by Gasteiger charge is -2.04. The van der Waals surface area contributed by atoms with Crippen molar-refractivity contribution in [3.05, 3.63) is 34.9 Å². The minimum Gasteiger partial charge on any atom is -0.365 e. The number of aromatic nitrogens is 2. The molecule has 1 aliphatic heterocycles. The second-order valence-electron chi connectivity index (χ2n) is 4.57. The summed E-state index contributed by atoms with van der Waals surface area (Å²) in [7, 11) is 0. The molecule has 4 nitrogen and oxygen atoms in total. The lowest BCUT2D eigenvalue weighted by molar-refractivity contribution is 0.0355. The largest absolute Gasteiger partial charge is 0.365 e. The third kappa shape index (κ3) is 2.35. The molecule has 3 rings (SSSR count). The first-order valence-electron chi connectivity index (χ1n) is 6.08. The van der Waals surface area contributed by atoms with Gasteiger partial charge >= 0.3 is 0 Å². The van der Waals surface area contributed by atoms with Crippen molar-refractivity contribution in [2.45, 2.75) is 32.0 Å². The van der Waals surface area contributed by atoms with E-state index in [2.05, 4.69) is 10.1 Å². The zero-order chi connectivity index (χ0) is 13.4. The van der Waals surface area contributed by atoms with E-state index in [1.807, 2.05) is 6.92 Å². The smallest absolute Gasteiger partial charge is 0.256 e. The molecule has 19 heavy (non-hydrogen) atoms. The fraction of sp³-hybridized carbons (Fsp3) is 0.385. The summed E-state index contributed by atoms with van der Waals surface area (Å²) in [4.78, 5) is 4.20. The fourth-order valence-electron chi connectivity index (χ4n) is 2.14. The Labute approximate surface area is 114 Å². The van der Waals surface area contributed by atoms with Gasteiger partial charge in [-0.3, -0.25) is 0 Å². The van der Waals surface area contributed by atoms with Crippen molar-refractivity contribution in [1.29, 1.82) is 0 Å². The SMILES string of the molecule is CC1CCC(c2nc(-c3cccc(Cl)c3F)no2)O1. The summed E-state index contributed by atoms with van der Waals surface area (Å²) in [5, 5.41) is 3.83. The van der Waals surface area contributed by atoms with Gasteiger partial charge in [-0.2, -0.15) is 4.98 Å². The summed E-state index contributed by atoms with van der Waals surface area (Å²) in [6.07, 6.45) is 1.77. The quantitative estimate of drug-likeness (QED) is 0.841. The Morgan fingerprint density at radius 2 is 2.21 bits per heavy atom. The molecular weight excluding hydrogens is 271 g/mol. The molecule has 0 radical (unpaired) electrons. The van der Waals surface area contributed by atoms with Crippen molar-refractivity contribution in [3.63, 3.8) is 0 Å². The summed E-state index contributed by atoms with van der Waals surface area (Å²) >= 11 is 5.73. The van der Waals surface area contributed by atoms with Crippen molar-refractivity contribution in [2.24, 2.45) is 0 Å². The standard InChI is InChI=1S/C13H12ClFN2O2/c1-7-5-6-10(18-7)13-16-12(17-19-13)8-3-2-4-9(14)11(8)15/h2-4,7,10H,5-6H2,1H3. The van der Waals surface area contributed by atoms with E-state index >= 15 is 0 Å². The van der Waals surface area contributed by atoms with E-state index < -0.39 is 5.82 Å². The zero-order valence-corrected chi connectivity index (χ0v) is 11.0. The van der Waals surface area contributed by atoms with Crippen molar-refractivity contribution < 1.29 is 13.7 Å². The lowest BCUT2D eigenvalue weighted by Crippen LogP contribution is -2.01. The molecule has 0 aliphatic carbocycles. The minimum absolute atomic E-state index is 0.0367. The third-order valence-electron chi connectivity index (χ3n) is 3.14. The van der Waals surface area contributed by atoms with Crippen LogP contribution in [0.15, 0.2) is 22.7 Å². The van der Waals surface area contributed by atoms with E-state index in [1.54, 1.807) is 12.1 Å². The molecule has 0 amide bonds. The average Bonchev–Trinajstić information content (AvgIpc) is 3.01. The molecule has 1 fully saturated rings. The predicted molar refractivity (Wildman–Crippen MR) is 67.2 cm³/mol. The Bertz CT molecular complexity index is 602. The van der Waals surface area contributed by atoms with Crippen molar-refractivity contribution >= 4 is 11.6 Å². The lowest BCUT2D eigenvalue weighted by atomic mass is 10.2. The van der Waals surface area contributed by atoms with Gasteiger partial charge in [-0.05, 0) is 31.9 Å². The molecule has 100 valence electrons. The Hall–Kier alpha value is -1.46. The van der Waals surface area contributed by atoms with Gasteiger partial charge in [-0.25, -0.2) is 4.39 Å². The van der Waals surface area contributed by atoms with Gasteiger partial charge in [-0.15, -0.1) is 0 Å². The Kier molecular flexibility index (Phi) is 3.24. The molecule has 6 heteroatoms. The Balaban J connectivity index is 1.91. The maximum absolute atomic E-state index is 13.9. The number of ether oxygens (including phenoxy) is 1. The second-order valence-corrected chi connectivity index (χ2v) is 4.98. The van der Waals surface area contributed by atoms with E-state index in [9.17, 15) is 4.39 Å². The fourth-order valence-corrected chi connectivity index (χ4v) is 2.31. The number of halogens is 2. The van der Waals surface area contributed by atoms with Crippen LogP contribution < -0.4 is 0 Å². The van der Waals surface area contributed by atoms with E-state index in [-0.39, 0.29) is 28.6 Å². The number of hydrogen-bond acceptors (Lipinski definition) is 4. The van der Waals surface area contributed by atoms with Crippen LogP contribution in [0.4, 0.5) is 4.39 Å². The minimum atomic E-state index is -0.544. The molecule has 1 aromatic heterocycles. The molecule has 1 saturated heterocycles. The molecule has 0 bridgehead atoms. The third-order valence-corrected chi connectivity index (χ3v) is 3.43. The summed E-state index contributed by atoms with van der Waals surface area (Å²) in [5.74, 6) is 0.0362. The highest BCUT2D eigenvalue weighted by Gasteiger charge is 2.28. The van der Waals surface area contributed by atoms with Crippen LogP contribution >= 0.6 is 11.6 Å². The van der Waals surface area contributed by atoms with E-state index in [4.69, 9.17) is 20.9 Å². The molecule has 2 unspecified atom stereocenters. The Morgan fingerprint density at radius 3 is 2.95 bits per heavy atom. The maximum Gasteiger partial charge on any atom is 0.256 e. The molecule has 2 atom stereocenters. The highest BCUT2D eigenvalue weighted by atomic mass is 35.5. The number of hydrogen-bond donors (Lipinski definition) is 0. The van der Waals surface area contributed by atoms with Gasteiger partial charge in [0.2, 0.25) is 5.82 Å². The van der Waals surface area contributed by atoms with Crippen molar-refractivity contribution in [2.75, 3.05) is 0 Å². The van der Waals surface area contributed by atoms with Crippen molar-refractivity contribution in [3.8, 4) is 11.4 Å². The molecule has 1 aromatic carbocycles. The van der Waals surface area contributed by atoms with Gasteiger partial charge < -0.3 is 9.26 Å². The number of rotatable bonds is 2. The highest BCUT2D eigenvalue weighted by Crippen LogP contribution is 2.33. The van der Waals surface area contributed by atoms with Crippen LogP contribution in [-0.2, 0) is 4.74 Å². The first-order chi connectivity index (χ1) is 9.15. The molecule has 0 saturated carbocycles. The van der Waals surface area contributed by atoms with E-state index in [0.29, 0.717) is 5.89 Å². The van der Waals surface area contributed by atoms with Crippen LogP contribution in [0, 0.1) is 5.82 Å². The molecule has 1 aliphatic rings. The highest BCUT2D eigenvalue weighted by molar-refractivity contribution is 6.31. The van der Waals surface area contributed by atoms with Gasteiger partial charge in [0, 0.05) is 0 Å². The predicted octanol–water partition coefficient (Wildman–Crippen LogP) is 3.77. The van der Waals surface area contributed by atoms with Crippen LogP contribution in [0.2, 0.25) is 5.02 Å². The van der Waals surface area contributed by atoms with Crippen molar-refractivity contribution in [1.82, 2.24) is 10.1 Å². The first-order valence-corrected chi connectivity index (χ1v) is 6.46. The number of benzene rings is 1. The van der Waals surface area contributed by atoms with Crippen LogP contribution in [-0.4, -0.2) is 16.2 Å². The monoisotopic (exact) mass is 282 g/mol. The van der Waals surface area contributed by atoms with Gasteiger partial charge in [0.05, 0.1) is 16.7 Å². The summed E-state index contributed by atoms with van der Waals surface area (Å²) in [6, 6.07) is 4.68. The van der Waals surface area contributed by atoms with Crippen LogP contribution in [0.5, 0.6) is 0 Å². The number of nitrogens with zero attached hydrogens (tertiary/aromatic N) is 2. The molecular formula is C13H12ClFN2O2. The van der Waals surface area contributed by atoms with Gasteiger partial charge in [0.1, 0.15) is 6.10 Å². The summed E-state index contributed by atoms with van der Waals surface area (Å²) < 4.78 is 24.6. The van der Waals surface area contributed by atoms with E-state index in [0.717, 1.165) is 12.8 Å². The average molecular weight is 283 g/mol. The van der Waals surface area contributed by atoms with E-state index in [1.165, 1.54) is 6.07 Å². The van der Waals surface area contributed by atoms with Crippen LogP contribution in [0.3, 0.4) is 0 Å². The molecule has 0 N–H and O–H groups in total. The Morgan fingerprint density at radius 1 is 1.37 bits per heavy atom. The summed E-state index contributed by atoms with van der Waals surface area (Å²) in [5.41, 5.74) is 0.230. The van der Waals surface area contributed by atoms with Gasteiger partial charge in [-0.1, -0.05) is 22.8 Å². The zero-order valence-electron chi connectivity index (χ0n) is 10.3. The first kappa shape index (κ1) is 12.6. The normalized spacial score (nSPS) is 22.9. The topological polar surface area (TPSA) is 48.2 Å². The molecule has 0 spiro atoms. The molecule has 2 heterocycles. The van der Waals surface area contributed by atoms with Gasteiger partial charge in [0.15, 0.2) is 5.82 Å². The second kappa shape index (κ2) is 4.90.